The number of para-hydroxylation sites is 1. The van der Waals surface area contributed by atoms with Gasteiger partial charge in [-0.3, -0.25) is 0 Å². The SMILES string of the molecule is Cl.ONCC1=Cc2cc(Oc3ccccc3)ccc2OC1. The first-order valence-corrected chi connectivity index (χ1v) is 6.41. The molecule has 2 N–H and O–H groups in total. The maximum absolute atomic E-state index is 8.74. The van der Waals surface area contributed by atoms with Crippen LogP contribution in [0, 0.1) is 0 Å². The van der Waals surface area contributed by atoms with E-state index in [9.17, 15) is 0 Å². The van der Waals surface area contributed by atoms with Crippen LogP contribution in [-0.2, 0) is 0 Å². The molecule has 0 saturated heterocycles. The van der Waals surface area contributed by atoms with Gasteiger partial charge in [-0.1, -0.05) is 18.2 Å². The number of benzene rings is 2. The highest BCUT2D eigenvalue weighted by Gasteiger charge is 2.12. The van der Waals surface area contributed by atoms with Crippen LogP contribution < -0.4 is 15.0 Å². The molecule has 4 nitrogen and oxygen atoms in total. The van der Waals surface area contributed by atoms with E-state index in [0.29, 0.717) is 13.2 Å². The van der Waals surface area contributed by atoms with Crippen LogP contribution in [0.5, 0.6) is 17.2 Å². The molecule has 1 heterocycles. The van der Waals surface area contributed by atoms with Crippen molar-refractivity contribution in [1.82, 2.24) is 5.48 Å². The molecule has 0 aromatic heterocycles. The van der Waals surface area contributed by atoms with E-state index in [1.165, 1.54) is 0 Å². The van der Waals surface area contributed by atoms with E-state index in [4.69, 9.17) is 14.7 Å². The van der Waals surface area contributed by atoms with Gasteiger partial charge in [0.1, 0.15) is 23.9 Å². The molecule has 1 aliphatic heterocycles. The Morgan fingerprint density at radius 2 is 1.90 bits per heavy atom. The van der Waals surface area contributed by atoms with Crippen molar-refractivity contribution in [2.24, 2.45) is 0 Å². The molecule has 0 unspecified atom stereocenters. The number of fused-ring (bicyclic) bond motifs is 1. The lowest BCUT2D eigenvalue weighted by Gasteiger charge is -2.18. The summed E-state index contributed by atoms with van der Waals surface area (Å²) in [5, 5.41) is 8.74. The Morgan fingerprint density at radius 1 is 1.10 bits per heavy atom. The Labute approximate surface area is 129 Å². The fourth-order valence-electron chi connectivity index (χ4n) is 2.09. The number of ether oxygens (including phenoxy) is 2. The van der Waals surface area contributed by atoms with Crippen molar-refractivity contribution in [3.05, 3.63) is 59.7 Å². The Hall–Kier alpha value is -2.01. The summed E-state index contributed by atoms with van der Waals surface area (Å²) in [6, 6.07) is 15.3. The van der Waals surface area contributed by atoms with Gasteiger partial charge < -0.3 is 14.7 Å². The minimum absolute atomic E-state index is 0. The van der Waals surface area contributed by atoms with Crippen molar-refractivity contribution < 1.29 is 14.7 Å². The molecule has 0 amide bonds. The molecule has 21 heavy (non-hydrogen) atoms. The quantitative estimate of drug-likeness (QED) is 0.847. The van der Waals surface area contributed by atoms with E-state index in [1.807, 2.05) is 54.6 Å². The molecule has 0 radical (unpaired) electrons. The number of halogens is 1. The van der Waals surface area contributed by atoms with Crippen molar-refractivity contribution in [2.75, 3.05) is 13.2 Å². The number of rotatable bonds is 4. The summed E-state index contributed by atoms with van der Waals surface area (Å²) in [7, 11) is 0. The highest BCUT2D eigenvalue weighted by molar-refractivity contribution is 5.85. The smallest absolute Gasteiger partial charge is 0.128 e. The Balaban J connectivity index is 0.00000161. The molecule has 5 heteroatoms. The molecular formula is C16H16ClNO3. The van der Waals surface area contributed by atoms with Crippen LogP contribution in [0.25, 0.3) is 6.08 Å². The zero-order valence-electron chi connectivity index (χ0n) is 11.3. The third-order valence-corrected chi connectivity index (χ3v) is 3.04. The molecule has 2 aromatic carbocycles. The zero-order chi connectivity index (χ0) is 13.8. The number of hydrogen-bond acceptors (Lipinski definition) is 4. The number of hydrogen-bond donors (Lipinski definition) is 2. The Morgan fingerprint density at radius 3 is 2.67 bits per heavy atom. The minimum Gasteiger partial charge on any atom is -0.489 e. The van der Waals surface area contributed by atoms with Gasteiger partial charge >= 0.3 is 0 Å². The second-order valence-electron chi connectivity index (χ2n) is 4.54. The molecule has 2 aromatic rings. The predicted octanol–water partition coefficient (Wildman–Crippen LogP) is 3.66. The van der Waals surface area contributed by atoms with Gasteiger partial charge in [0.2, 0.25) is 0 Å². The van der Waals surface area contributed by atoms with E-state index in [1.54, 1.807) is 0 Å². The van der Waals surface area contributed by atoms with E-state index in [-0.39, 0.29) is 12.4 Å². The van der Waals surface area contributed by atoms with Crippen LogP contribution in [0.15, 0.2) is 54.1 Å². The normalized spacial score (nSPS) is 12.5. The molecule has 3 rings (SSSR count). The van der Waals surface area contributed by atoms with E-state index in [2.05, 4.69) is 5.48 Å². The lowest BCUT2D eigenvalue weighted by atomic mass is 10.1. The summed E-state index contributed by atoms with van der Waals surface area (Å²) in [4.78, 5) is 0. The molecule has 0 aliphatic carbocycles. The zero-order valence-corrected chi connectivity index (χ0v) is 12.1. The second kappa shape index (κ2) is 7.13. The molecule has 0 spiro atoms. The molecule has 0 fully saturated rings. The first kappa shape index (κ1) is 15.4. The van der Waals surface area contributed by atoms with Crippen LogP contribution in [0.1, 0.15) is 5.56 Å². The van der Waals surface area contributed by atoms with Gasteiger partial charge in [-0.25, -0.2) is 5.48 Å². The molecular weight excluding hydrogens is 290 g/mol. The van der Waals surface area contributed by atoms with Gasteiger partial charge in [0.05, 0.1) is 0 Å². The molecule has 0 saturated carbocycles. The van der Waals surface area contributed by atoms with E-state index in [0.717, 1.165) is 28.4 Å². The summed E-state index contributed by atoms with van der Waals surface area (Å²) in [5.74, 6) is 2.38. The summed E-state index contributed by atoms with van der Waals surface area (Å²) in [6.07, 6.45) is 2.00. The third kappa shape index (κ3) is 3.76. The number of nitrogens with one attached hydrogen (secondary N) is 1. The van der Waals surface area contributed by atoms with Crippen molar-refractivity contribution in [1.29, 1.82) is 0 Å². The van der Waals surface area contributed by atoms with Gasteiger partial charge in [0, 0.05) is 12.1 Å². The summed E-state index contributed by atoms with van der Waals surface area (Å²) in [5.41, 5.74) is 4.08. The lowest BCUT2D eigenvalue weighted by molar-refractivity contribution is 0.173. The molecule has 0 atom stereocenters. The van der Waals surface area contributed by atoms with E-state index >= 15 is 0 Å². The van der Waals surface area contributed by atoms with Gasteiger partial charge in [-0.05, 0) is 42.0 Å². The number of hydroxylamine groups is 1. The van der Waals surface area contributed by atoms with Gasteiger partial charge in [-0.15, -0.1) is 12.4 Å². The maximum Gasteiger partial charge on any atom is 0.128 e. The van der Waals surface area contributed by atoms with Crippen LogP contribution in [0.3, 0.4) is 0 Å². The topological polar surface area (TPSA) is 50.7 Å². The summed E-state index contributed by atoms with van der Waals surface area (Å²) in [6.45, 7) is 0.878. The van der Waals surface area contributed by atoms with Crippen molar-refractivity contribution in [3.63, 3.8) is 0 Å². The van der Waals surface area contributed by atoms with E-state index < -0.39 is 0 Å². The molecule has 110 valence electrons. The average Bonchev–Trinajstić information content (AvgIpc) is 2.48. The van der Waals surface area contributed by atoms with Crippen molar-refractivity contribution in [2.45, 2.75) is 0 Å². The summed E-state index contributed by atoms with van der Waals surface area (Å²) >= 11 is 0. The second-order valence-corrected chi connectivity index (χ2v) is 4.54. The van der Waals surface area contributed by atoms with Gasteiger partial charge in [-0.2, -0.15) is 0 Å². The molecule has 0 bridgehead atoms. The minimum atomic E-state index is 0. The average molecular weight is 306 g/mol. The predicted molar refractivity (Wildman–Crippen MR) is 83.5 cm³/mol. The monoisotopic (exact) mass is 305 g/mol. The first-order chi connectivity index (χ1) is 9.85. The fraction of sp³-hybridized carbons (Fsp3) is 0.125. The van der Waals surface area contributed by atoms with Crippen LogP contribution in [-0.4, -0.2) is 18.4 Å². The van der Waals surface area contributed by atoms with Crippen molar-refractivity contribution in [3.8, 4) is 17.2 Å². The van der Waals surface area contributed by atoms with Crippen molar-refractivity contribution >= 4 is 18.5 Å². The standard InChI is InChI=1S/C16H15NO3.ClH/c18-17-10-12-8-13-9-15(6-7-16(13)19-11-12)20-14-4-2-1-3-5-14;/h1-9,17-18H,10-11H2;1H. The third-order valence-electron chi connectivity index (χ3n) is 3.04. The highest BCUT2D eigenvalue weighted by Crippen LogP contribution is 2.31. The maximum atomic E-state index is 8.74. The lowest BCUT2D eigenvalue weighted by Crippen LogP contribution is -2.18. The van der Waals surface area contributed by atoms with Crippen LogP contribution in [0.2, 0.25) is 0 Å². The highest BCUT2D eigenvalue weighted by atomic mass is 35.5. The first-order valence-electron chi connectivity index (χ1n) is 6.41. The van der Waals surface area contributed by atoms with Crippen LogP contribution >= 0.6 is 12.4 Å². The Kier molecular flexibility index (Phi) is 5.22. The Bertz CT molecular complexity index is 629. The molecule has 1 aliphatic rings. The van der Waals surface area contributed by atoms with Crippen LogP contribution in [0.4, 0.5) is 0 Å². The fourth-order valence-corrected chi connectivity index (χ4v) is 2.09. The summed E-state index contributed by atoms with van der Waals surface area (Å²) < 4.78 is 11.4. The van der Waals surface area contributed by atoms with Gasteiger partial charge in [0.15, 0.2) is 0 Å². The van der Waals surface area contributed by atoms with Gasteiger partial charge in [0.25, 0.3) is 0 Å². The largest absolute Gasteiger partial charge is 0.489 e.